The van der Waals surface area contributed by atoms with Crippen molar-refractivity contribution in [3.05, 3.63) is 58.1 Å². The Kier molecular flexibility index (Phi) is 15.4. The van der Waals surface area contributed by atoms with E-state index >= 15 is 0 Å². The Hall–Kier alpha value is -0.0569. The Morgan fingerprint density at radius 1 is 0.714 bits per heavy atom. The second-order valence-corrected chi connectivity index (χ2v) is 4.01. The molecule has 21 heavy (non-hydrogen) atoms. The third kappa shape index (κ3) is 9.54. The fraction of sp³-hybridized carbons (Fsp3) is 0. The van der Waals surface area contributed by atoms with E-state index in [2.05, 4.69) is 0 Å². The van der Waals surface area contributed by atoms with E-state index < -0.39 is 11.6 Å². The summed E-state index contributed by atoms with van der Waals surface area (Å²) < 4.78 is 24.3. The molecule has 2 nitrogen and oxygen atoms in total. The molecule has 2 rings (SSSR count). The van der Waals surface area contributed by atoms with Crippen molar-refractivity contribution in [2.45, 2.75) is 0 Å². The minimum Gasteiger partial charge on any atom is -1.00 e. The minimum atomic E-state index is -0.446. The molecule has 0 saturated carbocycles. The molecule has 0 saturated heterocycles. The molecule has 0 fully saturated rings. The maximum atomic E-state index is 12.2. The maximum Gasteiger partial charge on any atom is 2.00 e. The average Bonchev–Trinajstić information content (AvgIpc) is 2.30. The molecule has 9 heteroatoms. The Bertz CT molecular complexity index is 509. The first-order valence-corrected chi connectivity index (χ1v) is 5.44. The largest absolute Gasteiger partial charge is 2.00 e. The fourth-order valence-electron chi connectivity index (χ4n) is 0.963. The average molecular weight is 455 g/mol. The first-order valence-electron chi connectivity index (χ1n) is 4.68. The Labute approximate surface area is 162 Å². The summed E-state index contributed by atoms with van der Waals surface area (Å²) in [5.41, 5.74) is 0. The summed E-state index contributed by atoms with van der Waals surface area (Å²) in [7, 11) is 0. The van der Waals surface area contributed by atoms with Gasteiger partial charge in [0.15, 0.2) is 0 Å². The van der Waals surface area contributed by atoms with Gasteiger partial charge in [-0.1, -0.05) is 23.2 Å². The van der Waals surface area contributed by atoms with E-state index in [0.29, 0.717) is 0 Å². The molecule has 0 amide bonds. The van der Waals surface area contributed by atoms with Crippen LogP contribution in [0.4, 0.5) is 8.78 Å². The molecule has 2 aromatic rings. The summed E-state index contributed by atoms with van der Waals surface area (Å²) in [6, 6.07) is 6.80. The van der Waals surface area contributed by atoms with Crippen LogP contribution in [0.1, 0.15) is 0 Å². The molecule has 0 aliphatic carbocycles. The number of phenolic OH excluding ortho intramolecular Hbond substituents is 2. The van der Waals surface area contributed by atoms with E-state index in [1.807, 2.05) is 0 Å². The fourth-order valence-corrected chi connectivity index (χ4v) is 1.30. The molecule has 114 valence electrons. The second kappa shape index (κ2) is 12.5. The van der Waals surface area contributed by atoms with Gasteiger partial charge in [0.05, 0.1) is 10.0 Å². The summed E-state index contributed by atoms with van der Waals surface area (Å²) in [4.78, 5) is 0. The van der Waals surface area contributed by atoms with Gasteiger partial charge in [0, 0.05) is 0 Å². The molecule has 2 N–H and O–H groups in total. The van der Waals surface area contributed by atoms with Gasteiger partial charge in [0.25, 0.3) is 0 Å². The van der Waals surface area contributed by atoms with Crippen molar-refractivity contribution >= 4 is 23.2 Å². The monoisotopic (exact) mass is 452 g/mol. The number of hydrogen-bond acceptors (Lipinski definition) is 2. The summed E-state index contributed by atoms with van der Waals surface area (Å²) >= 11 is 10.6. The van der Waals surface area contributed by atoms with Gasteiger partial charge in [-0.3, -0.25) is 0 Å². The van der Waals surface area contributed by atoms with Crippen LogP contribution < -0.4 is 24.8 Å². The zero-order valence-corrected chi connectivity index (χ0v) is 15.6. The number of rotatable bonds is 0. The second-order valence-electron chi connectivity index (χ2n) is 3.19. The van der Waals surface area contributed by atoms with E-state index in [4.69, 9.17) is 33.4 Å². The van der Waals surface area contributed by atoms with E-state index in [-0.39, 0.29) is 72.6 Å². The normalized spacial score (nSPS) is 8.19. The predicted octanol–water partition coefficient (Wildman–Crippen LogP) is -1.63. The van der Waals surface area contributed by atoms with Crippen LogP contribution in [0.2, 0.25) is 10.0 Å². The molecule has 0 bridgehead atoms. The molecule has 0 aromatic heterocycles. The number of aromatic hydroxyl groups is 2. The van der Waals surface area contributed by atoms with E-state index in [1.54, 1.807) is 0 Å². The van der Waals surface area contributed by atoms with Crippen LogP contribution in [0.15, 0.2) is 36.4 Å². The Morgan fingerprint density at radius 2 is 1.00 bits per heavy atom. The van der Waals surface area contributed by atoms with Gasteiger partial charge in [0.2, 0.25) is 0 Å². The van der Waals surface area contributed by atoms with Crippen molar-refractivity contribution in [1.82, 2.24) is 0 Å². The van der Waals surface area contributed by atoms with Gasteiger partial charge in [-0.2, -0.15) is 0 Å². The van der Waals surface area contributed by atoms with Crippen LogP contribution >= 0.6 is 23.2 Å². The van der Waals surface area contributed by atoms with Gasteiger partial charge >= 0.3 is 26.2 Å². The van der Waals surface area contributed by atoms with Gasteiger partial charge in [-0.25, -0.2) is 8.78 Å². The van der Waals surface area contributed by atoms with Gasteiger partial charge in [0.1, 0.15) is 23.1 Å². The number of halogens is 6. The van der Waals surface area contributed by atoms with Crippen molar-refractivity contribution in [1.29, 1.82) is 0 Å². The van der Waals surface area contributed by atoms with E-state index in [1.165, 1.54) is 12.1 Å². The topological polar surface area (TPSA) is 40.5 Å². The molecule has 0 atom stereocenters. The number of benzene rings is 2. The maximum absolute atomic E-state index is 12.2. The smallest absolute Gasteiger partial charge is 1.00 e. The first kappa shape index (κ1) is 25.9. The van der Waals surface area contributed by atoms with Crippen LogP contribution in [-0.2, 0) is 26.2 Å². The standard InChI is InChI=1S/2C6H4ClFO.2ClH.Zr/c2*7-5-3-4(8)1-2-6(5)9;;;/h2*1-3,9H;2*1H;/q;;;;+2/p-2. The van der Waals surface area contributed by atoms with Crippen LogP contribution in [0.3, 0.4) is 0 Å². The summed E-state index contributed by atoms with van der Waals surface area (Å²) in [5.74, 6) is -1.09. The molecule has 0 aliphatic heterocycles. The zero-order valence-electron chi connectivity index (χ0n) is 10.1. The minimum absolute atomic E-state index is 0. The third-order valence-electron chi connectivity index (χ3n) is 1.82. The molecular formula is C12H8Cl4F2O2Zr. The molecule has 0 radical (unpaired) electrons. The third-order valence-corrected chi connectivity index (χ3v) is 2.42. The van der Waals surface area contributed by atoms with Crippen LogP contribution in [0.5, 0.6) is 11.5 Å². The van der Waals surface area contributed by atoms with E-state index in [9.17, 15) is 8.78 Å². The molecule has 0 aliphatic rings. The Morgan fingerprint density at radius 3 is 1.19 bits per heavy atom. The quantitative estimate of drug-likeness (QED) is 0.502. The summed E-state index contributed by atoms with van der Waals surface area (Å²) in [6.45, 7) is 0. The van der Waals surface area contributed by atoms with E-state index in [0.717, 1.165) is 24.3 Å². The van der Waals surface area contributed by atoms with Crippen molar-refractivity contribution in [2.24, 2.45) is 0 Å². The summed E-state index contributed by atoms with van der Waals surface area (Å²) in [5, 5.41) is 17.6. The number of hydrogen-bond donors (Lipinski definition) is 2. The van der Waals surface area contributed by atoms with Crippen molar-refractivity contribution in [3.63, 3.8) is 0 Å². The van der Waals surface area contributed by atoms with Crippen LogP contribution in [0, 0.1) is 11.6 Å². The van der Waals surface area contributed by atoms with Gasteiger partial charge in [-0.05, 0) is 36.4 Å². The first-order chi connectivity index (χ1) is 8.40. The molecule has 0 spiro atoms. The number of phenols is 2. The predicted molar refractivity (Wildman–Crippen MR) is 66.1 cm³/mol. The van der Waals surface area contributed by atoms with Gasteiger partial charge in [-0.15, -0.1) is 0 Å². The van der Waals surface area contributed by atoms with Crippen molar-refractivity contribution in [3.8, 4) is 11.5 Å². The molecule has 0 heterocycles. The van der Waals surface area contributed by atoms with Crippen LogP contribution in [-0.4, -0.2) is 10.2 Å². The van der Waals surface area contributed by atoms with Gasteiger partial charge < -0.3 is 35.0 Å². The molecule has 2 aromatic carbocycles. The van der Waals surface area contributed by atoms with Crippen molar-refractivity contribution in [2.75, 3.05) is 0 Å². The SMILES string of the molecule is Oc1ccc(F)cc1Cl.Oc1ccc(F)cc1Cl.[Cl-].[Cl-].[Zr+2]. The summed E-state index contributed by atoms with van der Waals surface area (Å²) in [6.07, 6.45) is 0. The Balaban J connectivity index is -0.000000270. The zero-order chi connectivity index (χ0) is 13.7. The molecule has 0 unspecified atom stereocenters. The molecular weight excluding hydrogens is 447 g/mol. The van der Waals surface area contributed by atoms with Crippen LogP contribution in [0.25, 0.3) is 0 Å². The van der Waals surface area contributed by atoms with Crippen molar-refractivity contribution < 1.29 is 70.0 Å².